The van der Waals surface area contributed by atoms with Crippen LogP contribution in [0.3, 0.4) is 0 Å². The van der Waals surface area contributed by atoms with Crippen molar-refractivity contribution in [2.24, 2.45) is 0 Å². The SMILES string of the molecule is CC/C=C\C(O)C/C=C/C=C\C/C=C\C/C=C\CCCC(=O)OC[C@H](COP(=O)(O)O[C@H]1C(O)C(O)C(O)[C@@H](OP(=O)(O)O)C1O)OC(=O)CCCCCCCCC/C=C\CCCCCC. The van der Waals surface area contributed by atoms with Crippen LogP contribution < -0.4 is 0 Å². The number of carbonyl (C=O) groups is 2. The van der Waals surface area contributed by atoms with Gasteiger partial charge < -0.3 is 49.7 Å². The average Bonchev–Trinajstić information content (AvgIpc) is 3.27. The largest absolute Gasteiger partial charge is 0.472 e. The number of aliphatic hydroxyl groups excluding tert-OH is 5. The van der Waals surface area contributed by atoms with E-state index in [9.17, 15) is 58.9 Å². The van der Waals surface area contributed by atoms with Gasteiger partial charge >= 0.3 is 27.6 Å². The highest BCUT2D eigenvalue weighted by atomic mass is 31.2. The van der Waals surface area contributed by atoms with Gasteiger partial charge in [0.25, 0.3) is 0 Å². The van der Waals surface area contributed by atoms with Gasteiger partial charge in [-0.05, 0) is 70.6 Å². The minimum Gasteiger partial charge on any atom is -0.462 e. The number of phosphoric ester groups is 2. The van der Waals surface area contributed by atoms with Gasteiger partial charge in [0.15, 0.2) is 6.10 Å². The fourth-order valence-corrected chi connectivity index (χ4v) is 8.20. The second-order valence-electron chi connectivity index (χ2n) is 16.3. The minimum absolute atomic E-state index is 0.0151. The molecule has 1 rings (SSSR count). The van der Waals surface area contributed by atoms with Crippen LogP contribution >= 0.6 is 15.6 Å². The van der Waals surface area contributed by atoms with Gasteiger partial charge in [0, 0.05) is 12.8 Å². The first kappa shape index (κ1) is 61.4. The van der Waals surface area contributed by atoms with Crippen LogP contribution in [0.2, 0.25) is 0 Å². The Morgan fingerprint density at radius 3 is 1.74 bits per heavy atom. The molecule has 0 saturated heterocycles. The molecule has 9 atom stereocenters. The molecule has 8 N–H and O–H groups in total. The van der Waals surface area contributed by atoms with E-state index in [1.807, 2.05) is 61.6 Å². The van der Waals surface area contributed by atoms with Crippen molar-refractivity contribution in [2.45, 2.75) is 198 Å². The lowest BCUT2D eigenvalue weighted by atomic mass is 9.85. The number of aliphatic hydroxyl groups is 5. The number of ether oxygens (including phenoxy) is 2. The monoisotopic (exact) mass is 978 g/mol. The molecule has 17 nitrogen and oxygen atoms in total. The van der Waals surface area contributed by atoms with Crippen molar-refractivity contribution in [3.05, 3.63) is 72.9 Å². The van der Waals surface area contributed by atoms with Gasteiger partial charge in [0.2, 0.25) is 0 Å². The summed E-state index contributed by atoms with van der Waals surface area (Å²) >= 11 is 0. The quantitative estimate of drug-likeness (QED) is 0.00963. The van der Waals surface area contributed by atoms with Crippen molar-refractivity contribution in [3.63, 3.8) is 0 Å². The Hall–Kier alpha value is -2.60. The standard InChI is InChI=1S/C47H80O17P2/c1-3-5-7-8-9-10-11-12-13-14-19-22-25-28-31-35-41(50)62-39(37-61-66(58,59)64-47-44(53)42(51)43(52)46(45(47)54)63-65(55,56)57)36-60-40(49)34-30-27-24-21-18-16-15-17-20-23-26-29-33-38(48)32-6-4-2/h6,10-11,15-16,20-21,23-24,26,29,32,38-39,42-48,51-54H,3-5,7-9,12-14,17-19,22,25,27-28,30-31,33-37H2,1-2H3,(H,58,59)(H2,55,56,57)/b11-10-,16-15-,23-20-,24-21-,29-26+,32-6-/t38?,39-,42?,43?,44?,45?,46-,47+/m1/s1. The van der Waals surface area contributed by atoms with Gasteiger partial charge in [0.1, 0.15) is 43.2 Å². The third-order valence-electron chi connectivity index (χ3n) is 10.3. The second kappa shape index (κ2) is 37.3. The molecule has 0 aromatic carbocycles. The average molecular weight is 979 g/mol. The van der Waals surface area contributed by atoms with Crippen LogP contribution in [-0.4, -0.2) is 114 Å². The molecule has 0 spiro atoms. The van der Waals surface area contributed by atoms with Gasteiger partial charge in [-0.25, -0.2) is 9.13 Å². The first-order chi connectivity index (χ1) is 31.5. The topological polar surface area (TPSA) is 276 Å². The zero-order valence-electron chi connectivity index (χ0n) is 39.0. The van der Waals surface area contributed by atoms with Crippen LogP contribution in [-0.2, 0) is 41.8 Å². The Morgan fingerprint density at radius 1 is 0.576 bits per heavy atom. The summed E-state index contributed by atoms with van der Waals surface area (Å²) in [5.74, 6) is -1.31. The third-order valence-corrected chi connectivity index (χ3v) is 11.8. The Labute approximate surface area is 392 Å². The molecule has 0 aliphatic heterocycles. The van der Waals surface area contributed by atoms with Crippen LogP contribution in [0.15, 0.2) is 72.9 Å². The molecule has 380 valence electrons. The second-order valence-corrected chi connectivity index (χ2v) is 18.9. The molecule has 0 aromatic heterocycles. The van der Waals surface area contributed by atoms with Crippen molar-refractivity contribution >= 4 is 27.6 Å². The lowest BCUT2D eigenvalue weighted by Gasteiger charge is -2.43. The van der Waals surface area contributed by atoms with E-state index in [1.54, 1.807) is 6.08 Å². The predicted octanol–water partition coefficient (Wildman–Crippen LogP) is 7.81. The highest BCUT2D eigenvalue weighted by molar-refractivity contribution is 7.47. The molecule has 1 saturated carbocycles. The molecular formula is C47H80O17P2. The summed E-state index contributed by atoms with van der Waals surface area (Å²) in [4.78, 5) is 54.2. The number of rotatable bonds is 38. The van der Waals surface area contributed by atoms with Gasteiger partial charge in [-0.2, -0.15) is 0 Å². The fourth-order valence-electron chi connectivity index (χ4n) is 6.66. The van der Waals surface area contributed by atoms with Crippen LogP contribution in [0.4, 0.5) is 0 Å². The van der Waals surface area contributed by atoms with E-state index in [1.165, 1.54) is 25.7 Å². The molecule has 0 amide bonds. The molecule has 0 radical (unpaired) electrons. The van der Waals surface area contributed by atoms with Gasteiger partial charge in [0.05, 0.1) is 12.7 Å². The molecule has 0 heterocycles. The van der Waals surface area contributed by atoms with Crippen molar-refractivity contribution in [3.8, 4) is 0 Å². The highest BCUT2D eigenvalue weighted by Gasteiger charge is 2.54. The molecule has 66 heavy (non-hydrogen) atoms. The van der Waals surface area contributed by atoms with Gasteiger partial charge in [-0.15, -0.1) is 0 Å². The Bertz CT molecular complexity index is 1570. The summed E-state index contributed by atoms with van der Waals surface area (Å²) in [7, 11) is -10.7. The molecule has 19 heteroatoms. The fraction of sp³-hybridized carbons (Fsp3) is 0.702. The first-order valence-electron chi connectivity index (χ1n) is 23.6. The third kappa shape index (κ3) is 31.4. The number of allylic oxidation sites excluding steroid dienone is 10. The molecule has 6 unspecified atom stereocenters. The maximum Gasteiger partial charge on any atom is 0.472 e. The lowest BCUT2D eigenvalue weighted by molar-refractivity contribution is -0.216. The predicted molar refractivity (Wildman–Crippen MR) is 252 cm³/mol. The molecule has 1 aliphatic rings. The zero-order chi connectivity index (χ0) is 49.1. The van der Waals surface area contributed by atoms with Crippen LogP contribution in [0, 0.1) is 0 Å². The van der Waals surface area contributed by atoms with Gasteiger partial charge in [-0.3, -0.25) is 23.2 Å². The smallest absolute Gasteiger partial charge is 0.462 e. The van der Waals surface area contributed by atoms with Crippen molar-refractivity contribution in [2.75, 3.05) is 13.2 Å². The number of carbonyl (C=O) groups excluding carboxylic acids is 2. The van der Waals surface area contributed by atoms with E-state index in [0.29, 0.717) is 32.1 Å². The van der Waals surface area contributed by atoms with Crippen LogP contribution in [0.25, 0.3) is 0 Å². The van der Waals surface area contributed by atoms with E-state index in [2.05, 4.69) is 23.6 Å². The molecule has 0 bridgehead atoms. The number of hydrogen-bond donors (Lipinski definition) is 8. The Kier molecular flexibility index (Phi) is 34.7. The minimum atomic E-state index is -5.38. The number of hydrogen-bond acceptors (Lipinski definition) is 14. The van der Waals surface area contributed by atoms with Crippen LogP contribution in [0.5, 0.6) is 0 Å². The van der Waals surface area contributed by atoms with Crippen LogP contribution in [0.1, 0.15) is 149 Å². The van der Waals surface area contributed by atoms with E-state index in [0.717, 1.165) is 64.2 Å². The summed E-state index contributed by atoms with van der Waals surface area (Å²) in [6, 6.07) is 0. The summed E-state index contributed by atoms with van der Waals surface area (Å²) in [5, 5.41) is 51.0. The van der Waals surface area contributed by atoms with E-state index < -0.39 is 89.6 Å². The van der Waals surface area contributed by atoms with Crippen molar-refractivity contribution in [1.29, 1.82) is 0 Å². The number of unbranched alkanes of at least 4 members (excludes halogenated alkanes) is 12. The number of phosphoric acid groups is 2. The Morgan fingerprint density at radius 2 is 1.11 bits per heavy atom. The highest BCUT2D eigenvalue weighted by Crippen LogP contribution is 2.49. The van der Waals surface area contributed by atoms with E-state index >= 15 is 0 Å². The van der Waals surface area contributed by atoms with Crippen molar-refractivity contribution in [1.82, 2.24) is 0 Å². The summed E-state index contributed by atoms with van der Waals surface area (Å²) < 4.78 is 49.3. The summed E-state index contributed by atoms with van der Waals surface area (Å²) in [5.41, 5.74) is 0. The maximum absolute atomic E-state index is 13.0. The first-order valence-corrected chi connectivity index (χ1v) is 26.6. The van der Waals surface area contributed by atoms with Crippen molar-refractivity contribution < 1.29 is 82.0 Å². The lowest BCUT2D eigenvalue weighted by Crippen LogP contribution is -2.64. The molecule has 0 aromatic rings. The zero-order valence-corrected chi connectivity index (χ0v) is 40.7. The molecule has 1 aliphatic carbocycles. The molecule has 1 fully saturated rings. The normalized spacial score (nSPS) is 22.6. The van der Waals surface area contributed by atoms with E-state index in [4.69, 9.17) is 18.5 Å². The maximum atomic E-state index is 13.0. The Balaban J connectivity index is 2.65. The summed E-state index contributed by atoms with van der Waals surface area (Å²) in [6.07, 6.45) is 26.3. The molecular weight excluding hydrogens is 898 g/mol. The van der Waals surface area contributed by atoms with E-state index in [-0.39, 0.29) is 12.8 Å². The van der Waals surface area contributed by atoms with Gasteiger partial charge in [-0.1, -0.05) is 138 Å². The number of esters is 2. The summed E-state index contributed by atoms with van der Waals surface area (Å²) in [6.45, 7) is 2.80.